The summed E-state index contributed by atoms with van der Waals surface area (Å²) in [7, 11) is 0. The van der Waals surface area contributed by atoms with Crippen molar-refractivity contribution in [1.82, 2.24) is 9.55 Å². The number of ether oxygens (including phenoxy) is 1. The van der Waals surface area contributed by atoms with Crippen LogP contribution in [0.2, 0.25) is 8.87 Å². The van der Waals surface area contributed by atoms with E-state index in [1.807, 2.05) is 0 Å². The van der Waals surface area contributed by atoms with E-state index in [1.54, 1.807) is 0 Å². The predicted molar refractivity (Wildman–Crippen MR) is 99.4 cm³/mol. The van der Waals surface area contributed by atoms with Crippen LogP contribution in [-0.2, 0) is 4.74 Å². The molecule has 0 bridgehead atoms. The number of hydrogen-bond acceptors (Lipinski definition) is 6. The fourth-order valence-corrected chi connectivity index (χ4v) is 11.6. The molecule has 1 fully saturated rings. The summed E-state index contributed by atoms with van der Waals surface area (Å²) in [6.45, 7) is 4.20. The number of aliphatic hydroxyl groups excluding tert-OH is 3. The van der Waals surface area contributed by atoms with Crippen LogP contribution in [0.5, 0.6) is 0 Å². The molecule has 8 nitrogen and oxygen atoms in total. The van der Waals surface area contributed by atoms with E-state index in [4.69, 9.17) is 4.74 Å². The van der Waals surface area contributed by atoms with Crippen molar-refractivity contribution in [3.05, 3.63) is 33.1 Å². The zero-order chi connectivity index (χ0) is 19.3. The van der Waals surface area contributed by atoms with Gasteiger partial charge in [-0.3, -0.25) is 0 Å². The van der Waals surface area contributed by atoms with Crippen LogP contribution in [0.1, 0.15) is 45.8 Å². The molecule has 0 spiro atoms. The van der Waals surface area contributed by atoms with E-state index in [1.165, 1.54) is 6.20 Å². The van der Waals surface area contributed by atoms with E-state index in [-0.39, 0.29) is 3.70 Å². The van der Waals surface area contributed by atoms with Crippen LogP contribution in [0.3, 0.4) is 0 Å². The second-order valence-electron chi connectivity index (χ2n) is 6.64. The standard InChI is InChI=1S/C9H10N2O6.2C4H9.Sn/c12-3-4-6(14)7(15)8(17-4)11-2-1-5(13)10-9(11)16;2*1-3-4-2;/h1-2,4,6-8,12,14-15H,(H,10,13,16);2*1,3-4H2,2H3;/t4-,6-,7-,8-;;;/m1.../s1. The Labute approximate surface area is 158 Å². The molecule has 1 aliphatic rings. The fourth-order valence-electron chi connectivity index (χ4n) is 3.11. The average Bonchev–Trinajstić information content (AvgIpc) is 2.90. The molecule has 0 unspecified atom stereocenters. The Bertz CT molecular complexity index is 733. The molecule has 9 heteroatoms. The number of aromatic nitrogens is 2. The molecular weight excluding hydrogens is 447 g/mol. The number of rotatable bonds is 8. The Hall–Kier alpha value is -0.811. The van der Waals surface area contributed by atoms with Crippen molar-refractivity contribution in [1.29, 1.82) is 0 Å². The number of nitrogens with zero attached hydrogens (tertiary/aromatic N) is 1. The van der Waals surface area contributed by atoms with Gasteiger partial charge >= 0.3 is 159 Å². The number of nitrogens with one attached hydrogen (secondary N) is 1. The number of hydrogen-bond donors (Lipinski definition) is 4. The first-order valence-corrected chi connectivity index (χ1v) is 14.6. The summed E-state index contributed by atoms with van der Waals surface area (Å²) in [5.74, 6) is 0. The second kappa shape index (κ2) is 9.93. The van der Waals surface area contributed by atoms with E-state index in [9.17, 15) is 24.9 Å². The Morgan fingerprint density at radius 1 is 1.19 bits per heavy atom. The Kier molecular flexibility index (Phi) is 8.21. The van der Waals surface area contributed by atoms with Gasteiger partial charge in [-0.15, -0.1) is 0 Å². The van der Waals surface area contributed by atoms with Crippen LogP contribution in [0.4, 0.5) is 0 Å². The van der Waals surface area contributed by atoms with Gasteiger partial charge in [-0.05, 0) is 0 Å². The van der Waals surface area contributed by atoms with Gasteiger partial charge in [0.05, 0.1) is 0 Å². The van der Waals surface area contributed by atoms with Crippen molar-refractivity contribution in [3.63, 3.8) is 0 Å². The first kappa shape index (κ1) is 21.5. The van der Waals surface area contributed by atoms with E-state index in [0.29, 0.717) is 0 Å². The van der Waals surface area contributed by atoms with Gasteiger partial charge in [0.1, 0.15) is 0 Å². The van der Waals surface area contributed by atoms with Crippen molar-refractivity contribution in [2.45, 2.75) is 72.9 Å². The average molecular weight is 475 g/mol. The zero-order valence-electron chi connectivity index (χ0n) is 15.2. The predicted octanol–water partition coefficient (Wildman–Crippen LogP) is 0.335. The molecule has 4 atom stereocenters. The molecular formula is C17H28N2O6Sn. The summed E-state index contributed by atoms with van der Waals surface area (Å²) in [6, 6.07) is 1.14. The number of aliphatic hydroxyl groups is 3. The summed E-state index contributed by atoms with van der Waals surface area (Å²) in [5, 5.41) is 31.5. The van der Waals surface area contributed by atoms with Gasteiger partial charge in [-0.2, -0.15) is 0 Å². The fraction of sp³-hybridized carbons (Fsp3) is 0.706. The first-order chi connectivity index (χ1) is 12.4. The molecule has 0 aromatic carbocycles. The molecule has 0 saturated carbocycles. The monoisotopic (exact) mass is 476 g/mol. The molecule has 1 saturated heterocycles. The van der Waals surface area contributed by atoms with Crippen molar-refractivity contribution in [2.75, 3.05) is 0 Å². The van der Waals surface area contributed by atoms with E-state index in [2.05, 4.69) is 18.8 Å². The second-order valence-corrected chi connectivity index (χ2v) is 14.4. The quantitative estimate of drug-likeness (QED) is 0.402. The van der Waals surface area contributed by atoms with Gasteiger partial charge in [0.25, 0.3) is 0 Å². The summed E-state index contributed by atoms with van der Waals surface area (Å²) >= 11 is -2.34. The van der Waals surface area contributed by atoms with Crippen LogP contribution in [0, 0.1) is 0 Å². The maximum absolute atomic E-state index is 12.0. The normalized spacial score (nSPS) is 25.4. The SMILES string of the molecule is CCC[CH2][Sn]([CH2]CCC)=[C](O)[C@H]1O[C@@H](n2ccc(=O)[nH]c2=O)[C@H](O)[C@@H]1O. The van der Waals surface area contributed by atoms with Crippen molar-refractivity contribution < 1.29 is 20.1 Å². The topological polar surface area (TPSA) is 125 Å². The minimum atomic E-state index is -2.34. The third-order valence-corrected chi connectivity index (χ3v) is 13.0. The van der Waals surface area contributed by atoms with Crippen LogP contribution in [0.25, 0.3) is 0 Å². The third kappa shape index (κ3) is 4.92. The van der Waals surface area contributed by atoms with Gasteiger partial charge in [-0.1, -0.05) is 0 Å². The molecule has 1 aromatic rings. The van der Waals surface area contributed by atoms with Gasteiger partial charge in [0, 0.05) is 0 Å². The molecule has 26 heavy (non-hydrogen) atoms. The molecule has 2 rings (SSSR count). The molecule has 1 aliphatic heterocycles. The van der Waals surface area contributed by atoms with Crippen molar-refractivity contribution >= 4 is 23.0 Å². The van der Waals surface area contributed by atoms with E-state index in [0.717, 1.165) is 45.2 Å². The van der Waals surface area contributed by atoms with Gasteiger partial charge < -0.3 is 0 Å². The minimum absolute atomic E-state index is 0.209. The summed E-state index contributed by atoms with van der Waals surface area (Å²) < 4.78 is 8.88. The summed E-state index contributed by atoms with van der Waals surface area (Å²) in [6.07, 6.45) is 0.527. The molecule has 1 aromatic heterocycles. The Morgan fingerprint density at radius 2 is 1.81 bits per heavy atom. The molecule has 2 heterocycles. The number of unbranched alkanes of at least 4 members (excludes halogenated alkanes) is 2. The Morgan fingerprint density at radius 3 is 2.35 bits per heavy atom. The van der Waals surface area contributed by atoms with Crippen LogP contribution in [0.15, 0.2) is 21.9 Å². The van der Waals surface area contributed by atoms with Crippen molar-refractivity contribution in [2.24, 2.45) is 0 Å². The van der Waals surface area contributed by atoms with Crippen LogP contribution < -0.4 is 11.2 Å². The summed E-state index contributed by atoms with van der Waals surface area (Å²) in [5.41, 5.74) is -1.29. The van der Waals surface area contributed by atoms with Gasteiger partial charge in [-0.25, -0.2) is 0 Å². The number of aromatic amines is 1. The van der Waals surface area contributed by atoms with Crippen molar-refractivity contribution in [3.8, 4) is 0 Å². The van der Waals surface area contributed by atoms with E-state index < -0.39 is 55.1 Å². The van der Waals surface area contributed by atoms with Gasteiger partial charge in [0.2, 0.25) is 0 Å². The molecule has 0 aliphatic carbocycles. The summed E-state index contributed by atoms with van der Waals surface area (Å²) in [4.78, 5) is 25.3. The maximum atomic E-state index is 12.0. The number of H-pyrrole nitrogens is 1. The van der Waals surface area contributed by atoms with E-state index >= 15 is 0 Å². The van der Waals surface area contributed by atoms with Crippen LogP contribution in [-0.4, -0.2) is 66.2 Å². The zero-order valence-corrected chi connectivity index (χ0v) is 18.1. The Balaban J connectivity index is 2.29. The molecule has 0 radical (unpaired) electrons. The third-order valence-electron chi connectivity index (χ3n) is 4.66. The molecule has 146 valence electrons. The van der Waals surface area contributed by atoms with Crippen LogP contribution >= 0.6 is 0 Å². The van der Waals surface area contributed by atoms with Gasteiger partial charge in [0.15, 0.2) is 0 Å². The first-order valence-electron chi connectivity index (χ1n) is 9.14. The molecule has 4 N–H and O–H groups in total. The molecule has 0 amide bonds.